The molecule has 184 valence electrons. The Kier molecular flexibility index (Phi) is 11.5. The molecule has 0 fully saturated rings. The zero-order chi connectivity index (χ0) is 24.5. The topological polar surface area (TPSA) is 136 Å². The van der Waals surface area contributed by atoms with Crippen molar-refractivity contribution in [2.45, 2.75) is 58.6 Å². The number of aliphatic carboxylic acids is 1. The highest BCUT2D eigenvalue weighted by atomic mass is 32.2. The maximum Gasteiger partial charge on any atom is 0.306 e. The zero-order valence-electron chi connectivity index (χ0n) is 19.8. The predicted molar refractivity (Wildman–Crippen MR) is 125 cm³/mol. The van der Waals surface area contributed by atoms with E-state index in [2.05, 4.69) is 13.8 Å². The number of nitrogens with two attached hydrogens (primary N) is 1. The summed E-state index contributed by atoms with van der Waals surface area (Å²) in [6.45, 7) is 6.01. The normalized spacial score (nSPS) is 15.8. The van der Waals surface area contributed by atoms with Crippen molar-refractivity contribution < 1.29 is 32.9 Å². The lowest BCUT2D eigenvalue weighted by Crippen LogP contribution is -2.39. The van der Waals surface area contributed by atoms with Crippen LogP contribution in [0.3, 0.4) is 0 Å². The van der Waals surface area contributed by atoms with Crippen LogP contribution in [0.15, 0.2) is 18.2 Å². The molecular weight excluding hydrogens is 434 g/mol. The average Bonchev–Trinajstić information content (AvgIpc) is 2.69. The summed E-state index contributed by atoms with van der Waals surface area (Å²) in [5.74, 6) is 0.0595. The van der Waals surface area contributed by atoms with Gasteiger partial charge < -0.3 is 25.4 Å². The second-order valence-corrected chi connectivity index (χ2v) is 11.2. The summed E-state index contributed by atoms with van der Waals surface area (Å²) < 4.78 is 33.7. The van der Waals surface area contributed by atoms with Crippen molar-refractivity contribution in [2.75, 3.05) is 25.7 Å². The van der Waals surface area contributed by atoms with Gasteiger partial charge in [0.1, 0.15) is 9.84 Å². The highest BCUT2D eigenvalue weighted by Gasteiger charge is 2.26. The van der Waals surface area contributed by atoms with E-state index in [1.54, 1.807) is 14.0 Å². The molecule has 1 aromatic carbocycles. The van der Waals surface area contributed by atoms with Crippen LogP contribution in [0.4, 0.5) is 0 Å². The van der Waals surface area contributed by atoms with Gasteiger partial charge in [0.15, 0.2) is 11.5 Å². The molecule has 0 spiro atoms. The number of carboxylic acids is 1. The number of carbonyl (C=O) groups is 1. The van der Waals surface area contributed by atoms with Gasteiger partial charge in [-0.1, -0.05) is 26.8 Å². The Morgan fingerprint density at radius 2 is 1.81 bits per heavy atom. The molecule has 4 N–H and O–H groups in total. The van der Waals surface area contributed by atoms with Crippen LogP contribution in [0, 0.1) is 17.8 Å². The first-order valence-corrected chi connectivity index (χ1v) is 13.0. The zero-order valence-corrected chi connectivity index (χ0v) is 20.6. The summed E-state index contributed by atoms with van der Waals surface area (Å²) in [5.41, 5.74) is 7.23. The van der Waals surface area contributed by atoms with Crippen LogP contribution in [0.5, 0.6) is 11.5 Å². The molecule has 8 nitrogen and oxygen atoms in total. The molecule has 0 bridgehead atoms. The Hall–Kier alpha value is -1.84. The molecule has 0 aliphatic rings. The maximum absolute atomic E-state index is 11.3. The number of aliphatic hydroxyl groups is 1. The van der Waals surface area contributed by atoms with Gasteiger partial charge in [-0.2, -0.15) is 0 Å². The summed E-state index contributed by atoms with van der Waals surface area (Å²) in [5, 5.41) is 19.4. The first-order valence-electron chi connectivity index (χ1n) is 11.0. The van der Waals surface area contributed by atoms with E-state index < -0.39 is 33.9 Å². The van der Waals surface area contributed by atoms with Crippen LogP contribution in [-0.2, 0) is 21.1 Å². The van der Waals surface area contributed by atoms with E-state index in [-0.39, 0.29) is 24.7 Å². The van der Waals surface area contributed by atoms with Crippen LogP contribution in [0.2, 0.25) is 0 Å². The summed E-state index contributed by atoms with van der Waals surface area (Å²) in [4.78, 5) is 11.1. The van der Waals surface area contributed by atoms with E-state index in [4.69, 9.17) is 20.3 Å². The quantitative estimate of drug-likeness (QED) is 0.331. The molecule has 0 aliphatic heterocycles. The Balaban J connectivity index is 2.83. The molecule has 0 saturated heterocycles. The minimum atomic E-state index is -3.04. The van der Waals surface area contributed by atoms with Crippen molar-refractivity contribution in [1.29, 1.82) is 0 Å². The lowest BCUT2D eigenvalue weighted by atomic mass is 9.82. The van der Waals surface area contributed by atoms with Crippen molar-refractivity contribution in [3.8, 4) is 11.5 Å². The monoisotopic (exact) mass is 473 g/mol. The first-order chi connectivity index (χ1) is 14.8. The van der Waals surface area contributed by atoms with E-state index >= 15 is 0 Å². The van der Waals surface area contributed by atoms with Crippen molar-refractivity contribution in [1.82, 2.24) is 0 Å². The van der Waals surface area contributed by atoms with E-state index in [9.17, 15) is 18.3 Å². The van der Waals surface area contributed by atoms with Gasteiger partial charge in [-0.25, -0.2) is 8.42 Å². The summed E-state index contributed by atoms with van der Waals surface area (Å²) >= 11 is 0. The van der Waals surface area contributed by atoms with Crippen LogP contribution in [-0.4, -0.2) is 62.5 Å². The third kappa shape index (κ3) is 10.2. The van der Waals surface area contributed by atoms with Crippen molar-refractivity contribution in [3.63, 3.8) is 0 Å². The number of hydrogen-bond donors (Lipinski definition) is 3. The van der Waals surface area contributed by atoms with E-state index in [1.807, 2.05) is 18.2 Å². The predicted octanol–water partition coefficient (Wildman–Crippen LogP) is 2.51. The van der Waals surface area contributed by atoms with Crippen molar-refractivity contribution in [2.24, 2.45) is 23.5 Å². The first kappa shape index (κ1) is 28.2. The third-order valence-corrected chi connectivity index (χ3v) is 6.70. The fourth-order valence-corrected chi connectivity index (χ4v) is 4.14. The summed E-state index contributed by atoms with van der Waals surface area (Å²) in [6.07, 6.45) is 2.09. The van der Waals surface area contributed by atoms with Crippen molar-refractivity contribution >= 4 is 15.8 Å². The summed E-state index contributed by atoms with van der Waals surface area (Å²) in [7, 11) is -1.49. The molecule has 0 saturated carbocycles. The van der Waals surface area contributed by atoms with Crippen molar-refractivity contribution in [3.05, 3.63) is 23.8 Å². The number of ether oxygens (including phenoxy) is 2. The van der Waals surface area contributed by atoms with Gasteiger partial charge in [-0.15, -0.1) is 0 Å². The molecule has 0 amide bonds. The lowest BCUT2D eigenvalue weighted by molar-refractivity contribution is -0.142. The Bertz CT molecular complexity index is 826. The highest BCUT2D eigenvalue weighted by molar-refractivity contribution is 7.90. The van der Waals surface area contributed by atoms with Gasteiger partial charge in [0.2, 0.25) is 0 Å². The number of hydrogen-bond acceptors (Lipinski definition) is 7. The number of benzene rings is 1. The second kappa shape index (κ2) is 13.0. The van der Waals surface area contributed by atoms with Gasteiger partial charge in [-0.3, -0.25) is 4.79 Å². The van der Waals surface area contributed by atoms with Gasteiger partial charge in [0, 0.05) is 12.3 Å². The molecule has 4 unspecified atom stereocenters. The highest BCUT2D eigenvalue weighted by Crippen LogP contribution is 2.31. The number of aliphatic hydroxyl groups excluding tert-OH is 1. The van der Waals surface area contributed by atoms with Crippen LogP contribution < -0.4 is 15.2 Å². The van der Waals surface area contributed by atoms with E-state index in [1.165, 1.54) is 6.26 Å². The Morgan fingerprint density at radius 1 is 1.16 bits per heavy atom. The number of rotatable bonds is 15. The second-order valence-electron chi connectivity index (χ2n) is 8.97. The lowest BCUT2D eigenvalue weighted by Gasteiger charge is -2.28. The number of carboxylic acid groups (broad SMARTS) is 1. The van der Waals surface area contributed by atoms with Crippen LogP contribution in [0.25, 0.3) is 0 Å². The fourth-order valence-electron chi connectivity index (χ4n) is 3.50. The Morgan fingerprint density at radius 3 is 2.34 bits per heavy atom. The van der Waals surface area contributed by atoms with Crippen LogP contribution >= 0.6 is 0 Å². The molecule has 1 rings (SSSR count). The molecule has 0 aliphatic carbocycles. The molecule has 0 aromatic heterocycles. The number of methoxy groups -OCH3 is 1. The van der Waals surface area contributed by atoms with E-state index in [0.717, 1.165) is 5.56 Å². The minimum absolute atomic E-state index is 0.0607. The molecule has 0 heterocycles. The number of sulfone groups is 1. The maximum atomic E-state index is 11.3. The molecule has 4 atom stereocenters. The summed E-state index contributed by atoms with van der Waals surface area (Å²) in [6, 6.07) is 5.14. The molecular formula is C23H39NO7S. The molecule has 32 heavy (non-hydrogen) atoms. The smallest absolute Gasteiger partial charge is 0.306 e. The largest absolute Gasteiger partial charge is 0.493 e. The average molecular weight is 474 g/mol. The minimum Gasteiger partial charge on any atom is -0.493 e. The fraction of sp³-hybridized carbons (Fsp3) is 0.696. The molecule has 0 radical (unpaired) electrons. The van der Waals surface area contributed by atoms with Gasteiger partial charge in [-0.05, 0) is 55.2 Å². The third-order valence-electron chi connectivity index (χ3n) is 5.67. The van der Waals surface area contributed by atoms with Gasteiger partial charge >= 0.3 is 5.97 Å². The van der Waals surface area contributed by atoms with Gasteiger partial charge in [0.05, 0.1) is 31.5 Å². The standard InChI is InChI=1S/C23H39NO7S/c1-15(2)18(14-19(24)20(25)11-16(3)23(26)27)12-17-7-8-21(30-4)22(13-17)31-9-6-10-32(5,28)29/h7-8,13,15-16,18-20,25H,6,9-12,14,24H2,1-5H3,(H,26,27). The SMILES string of the molecule is COc1ccc(CC(CC(N)C(O)CC(C)C(=O)O)C(C)C)cc1OCCCS(C)(=O)=O. The molecule has 9 heteroatoms. The Labute approximate surface area is 192 Å². The van der Waals surface area contributed by atoms with E-state index in [0.29, 0.717) is 36.7 Å². The van der Waals surface area contributed by atoms with Crippen LogP contribution in [0.1, 0.15) is 45.6 Å². The molecule has 1 aromatic rings. The van der Waals surface area contributed by atoms with Gasteiger partial charge in [0.25, 0.3) is 0 Å².